The zero-order valence-corrected chi connectivity index (χ0v) is 11.5. The van der Waals surface area contributed by atoms with Crippen LogP contribution in [0.5, 0.6) is 5.75 Å². The van der Waals surface area contributed by atoms with Gasteiger partial charge in [-0.05, 0) is 31.0 Å². The molecule has 0 aliphatic rings. The fraction of sp³-hybridized carbons (Fsp3) is 0.500. The fourth-order valence-electron chi connectivity index (χ4n) is 1.63. The second-order valence-electron chi connectivity index (χ2n) is 4.60. The first-order chi connectivity index (χ1) is 8.93. The van der Waals surface area contributed by atoms with Crippen LogP contribution in [-0.4, -0.2) is 42.7 Å². The molecule has 0 saturated heterocycles. The van der Waals surface area contributed by atoms with Gasteiger partial charge in [-0.1, -0.05) is 6.07 Å². The van der Waals surface area contributed by atoms with Crippen LogP contribution in [0.4, 0.5) is 4.39 Å². The molecule has 1 unspecified atom stereocenters. The summed E-state index contributed by atoms with van der Waals surface area (Å²) in [4.78, 5) is 13.4. The highest BCUT2D eigenvalue weighted by atomic mass is 19.1. The van der Waals surface area contributed by atoms with Crippen LogP contribution in [0.25, 0.3) is 0 Å². The largest absolute Gasteiger partial charge is 0.494 e. The molecule has 1 rings (SSSR count). The lowest BCUT2D eigenvalue weighted by Crippen LogP contribution is -2.30. The lowest BCUT2D eigenvalue weighted by molar-refractivity contribution is -0.129. The molecule has 19 heavy (non-hydrogen) atoms. The van der Waals surface area contributed by atoms with E-state index in [0.29, 0.717) is 18.5 Å². The van der Waals surface area contributed by atoms with E-state index < -0.39 is 11.9 Å². The van der Waals surface area contributed by atoms with Crippen molar-refractivity contribution in [1.82, 2.24) is 4.90 Å². The van der Waals surface area contributed by atoms with Gasteiger partial charge in [0.05, 0.1) is 19.6 Å². The van der Waals surface area contributed by atoms with Gasteiger partial charge in [0, 0.05) is 13.6 Å². The molecule has 0 aromatic heterocycles. The first-order valence-electron chi connectivity index (χ1n) is 6.18. The summed E-state index contributed by atoms with van der Waals surface area (Å²) in [5.74, 6) is -0.414. The van der Waals surface area contributed by atoms with Gasteiger partial charge in [0.15, 0.2) is 11.6 Å². The summed E-state index contributed by atoms with van der Waals surface area (Å²) < 4.78 is 18.3. The smallest absolute Gasteiger partial charge is 0.226 e. The van der Waals surface area contributed by atoms with Crippen molar-refractivity contribution in [1.29, 1.82) is 0 Å². The van der Waals surface area contributed by atoms with Gasteiger partial charge in [-0.25, -0.2) is 4.39 Å². The third-order valence-corrected chi connectivity index (χ3v) is 2.88. The van der Waals surface area contributed by atoms with E-state index in [9.17, 15) is 9.18 Å². The van der Waals surface area contributed by atoms with Crippen LogP contribution in [0.15, 0.2) is 18.2 Å². The Labute approximate surface area is 112 Å². The average Bonchev–Trinajstić information content (AvgIpc) is 2.36. The van der Waals surface area contributed by atoms with Crippen molar-refractivity contribution < 1.29 is 19.0 Å². The van der Waals surface area contributed by atoms with Crippen molar-refractivity contribution in [3.05, 3.63) is 29.6 Å². The van der Waals surface area contributed by atoms with Crippen molar-refractivity contribution in [3.8, 4) is 5.75 Å². The molecule has 1 aromatic rings. The third-order valence-electron chi connectivity index (χ3n) is 2.88. The summed E-state index contributed by atoms with van der Waals surface area (Å²) in [6, 6.07) is 4.48. The molecule has 0 saturated carbocycles. The van der Waals surface area contributed by atoms with Crippen LogP contribution >= 0.6 is 0 Å². The second kappa shape index (κ2) is 7.09. The Kier molecular flexibility index (Phi) is 5.76. The second-order valence-corrected chi connectivity index (χ2v) is 4.60. The van der Waals surface area contributed by atoms with E-state index in [-0.39, 0.29) is 18.1 Å². The maximum atomic E-state index is 13.5. The zero-order valence-electron chi connectivity index (χ0n) is 11.5. The number of halogens is 1. The number of likely N-dealkylation sites (N-methyl/N-ethyl adjacent to an activating group) is 1. The number of ether oxygens (including phenoxy) is 1. The maximum absolute atomic E-state index is 13.5. The average molecular weight is 269 g/mol. The molecule has 0 heterocycles. The van der Waals surface area contributed by atoms with Crippen LogP contribution < -0.4 is 4.74 Å². The Hall–Kier alpha value is -1.62. The van der Waals surface area contributed by atoms with Crippen LogP contribution in [-0.2, 0) is 11.2 Å². The summed E-state index contributed by atoms with van der Waals surface area (Å²) in [5, 5.41) is 9.17. The number of carbonyl (C=O) groups is 1. The Morgan fingerprint density at radius 3 is 2.74 bits per heavy atom. The normalized spacial score (nSPS) is 12.1. The summed E-state index contributed by atoms with van der Waals surface area (Å²) in [7, 11) is 3.07. The Morgan fingerprint density at radius 2 is 2.21 bits per heavy atom. The molecule has 0 spiro atoms. The first-order valence-corrected chi connectivity index (χ1v) is 6.18. The maximum Gasteiger partial charge on any atom is 0.226 e. The molecule has 0 aliphatic heterocycles. The molecular formula is C14H20FNO3. The topological polar surface area (TPSA) is 49.8 Å². The fourth-order valence-corrected chi connectivity index (χ4v) is 1.63. The minimum atomic E-state index is -0.473. The number of rotatable bonds is 6. The monoisotopic (exact) mass is 269 g/mol. The first kappa shape index (κ1) is 15.4. The minimum Gasteiger partial charge on any atom is -0.494 e. The van der Waals surface area contributed by atoms with Gasteiger partial charge in [0.2, 0.25) is 5.91 Å². The number of aliphatic hydroxyl groups excluding tert-OH is 1. The van der Waals surface area contributed by atoms with Gasteiger partial charge in [-0.2, -0.15) is 0 Å². The number of benzene rings is 1. The lowest BCUT2D eigenvalue weighted by Gasteiger charge is -2.18. The molecule has 0 aliphatic carbocycles. The molecule has 0 bridgehead atoms. The quantitative estimate of drug-likeness (QED) is 0.853. The van der Waals surface area contributed by atoms with Gasteiger partial charge >= 0.3 is 0 Å². The number of carbonyl (C=O) groups excluding carboxylic acids is 1. The molecule has 106 valence electrons. The minimum absolute atomic E-state index is 0.106. The van der Waals surface area contributed by atoms with E-state index in [1.807, 2.05) is 0 Å². The highest BCUT2D eigenvalue weighted by Gasteiger charge is 2.12. The third kappa shape index (κ3) is 4.87. The molecule has 1 N–H and O–H groups in total. The van der Waals surface area contributed by atoms with Crippen molar-refractivity contribution >= 4 is 5.91 Å². The predicted molar refractivity (Wildman–Crippen MR) is 70.6 cm³/mol. The van der Waals surface area contributed by atoms with Gasteiger partial charge in [0.1, 0.15) is 0 Å². The molecule has 1 amide bonds. The SMILES string of the molecule is COc1ccc(CC(=O)N(C)CCC(C)O)cc1F. The molecule has 1 aromatic carbocycles. The number of methoxy groups -OCH3 is 1. The van der Waals surface area contributed by atoms with E-state index >= 15 is 0 Å². The molecule has 0 radical (unpaired) electrons. The van der Waals surface area contributed by atoms with Crippen LogP contribution in [0.2, 0.25) is 0 Å². The predicted octanol–water partition coefficient (Wildman–Crippen LogP) is 1.61. The standard InChI is InChI=1S/C14H20FNO3/c1-10(17)6-7-16(2)14(18)9-11-4-5-13(19-3)12(15)8-11/h4-5,8,10,17H,6-7,9H2,1-3H3. The number of hydrogen-bond acceptors (Lipinski definition) is 3. The van der Waals surface area contributed by atoms with Crippen LogP contribution in [0, 0.1) is 5.82 Å². The van der Waals surface area contributed by atoms with E-state index in [4.69, 9.17) is 9.84 Å². The molecular weight excluding hydrogens is 249 g/mol. The Bertz CT molecular complexity index is 435. The van der Waals surface area contributed by atoms with Crippen molar-refractivity contribution in [2.24, 2.45) is 0 Å². The number of hydrogen-bond donors (Lipinski definition) is 1. The van der Waals surface area contributed by atoms with Gasteiger partial charge in [-0.15, -0.1) is 0 Å². The summed E-state index contributed by atoms with van der Waals surface area (Å²) >= 11 is 0. The van der Waals surface area contributed by atoms with Crippen LogP contribution in [0.3, 0.4) is 0 Å². The lowest BCUT2D eigenvalue weighted by atomic mass is 10.1. The number of aliphatic hydroxyl groups is 1. The summed E-state index contributed by atoms with van der Waals surface area (Å²) in [5.41, 5.74) is 0.604. The molecule has 5 heteroatoms. The molecule has 4 nitrogen and oxygen atoms in total. The van der Waals surface area contributed by atoms with Gasteiger partial charge in [0.25, 0.3) is 0 Å². The van der Waals surface area contributed by atoms with Crippen LogP contribution in [0.1, 0.15) is 18.9 Å². The van der Waals surface area contributed by atoms with E-state index in [1.54, 1.807) is 20.0 Å². The van der Waals surface area contributed by atoms with E-state index in [0.717, 1.165) is 0 Å². The molecule has 1 atom stereocenters. The van der Waals surface area contributed by atoms with E-state index in [1.165, 1.54) is 24.1 Å². The molecule has 0 fully saturated rings. The zero-order chi connectivity index (χ0) is 14.4. The van der Waals surface area contributed by atoms with Gasteiger partial charge in [-0.3, -0.25) is 4.79 Å². The van der Waals surface area contributed by atoms with Crippen molar-refractivity contribution in [3.63, 3.8) is 0 Å². The summed E-state index contributed by atoms with van der Waals surface area (Å²) in [6.45, 7) is 2.16. The Morgan fingerprint density at radius 1 is 1.53 bits per heavy atom. The van der Waals surface area contributed by atoms with Crippen molar-refractivity contribution in [2.45, 2.75) is 25.9 Å². The Balaban J connectivity index is 2.59. The van der Waals surface area contributed by atoms with Crippen molar-refractivity contribution in [2.75, 3.05) is 20.7 Å². The van der Waals surface area contributed by atoms with E-state index in [2.05, 4.69) is 0 Å². The van der Waals surface area contributed by atoms with Gasteiger partial charge < -0.3 is 14.7 Å². The highest BCUT2D eigenvalue weighted by molar-refractivity contribution is 5.78. The number of nitrogens with zero attached hydrogens (tertiary/aromatic N) is 1. The highest BCUT2D eigenvalue weighted by Crippen LogP contribution is 2.18. The summed E-state index contributed by atoms with van der Waals surface area (Å²) in [6.07, 6.45) is 0.227. The number of amides is 1.